The highest BCUT2D eigenvalue weighted by atomic mass is 31.2. The molecule has 0 aromatic heterocycles. The van der Waals surface area contributed by atoms with Gasteiger partial charge in [0.15, 0.2) is 0 Å². The number of carbonyl (C=O) groups excluding carboxylic acids is 1. The molecular weight excluding hydrogens is 659 g/mol. The number of rotatable bonds is 39. The average Bonchev–Trinajstić information content (AvgIpc) is 3.12. The van der Waals surface area contributed by atoms with Gasteiger partial charge in [0.2, 0.25) is 5.91 Å². The van der Waals surface area contributed by atoms with Crippen molar-refractivity contribution in [3.63, 3.8) is 0 Å². The number of nitrogens with two attached hydrogens (primary N) is 1. The lowest BCUT2D eigenvalue weighted by atomic mass is 10.0. The molecule has 0 aliphatic heterocycles. The van der Waals surface area contributed by atoms with Gasteiger partial charge in [0.1, 0.15) is 0 Å². The molecule has 5 N–H and O–H groups in total. The first-order valence-corrected chi connectivity index (χ1v) is 22.6. The van der Waals surface area contributed by atoms with Crippen LogP contribution in [0.5, 0.6) is 0 Å². The summed E-state index contributed by atoms with van der Waals surface area (Å²) >= 11 is 0. The molecule has 0 aromatic carbocycles. The van der Waals surface area contributed by atoms with Crippen LogP contribution in [0, 0.1) is 0 Å². The van der Waals surface area contributed by atoms with Gasteiger partial charge in [-0.3, -0.25) is 13.8 Å². The largest absolute Gasteiger partial charge is 0.472 e. The topological polar surface area (TPSA) is 131 Å². The maximum Gasteiger partial charge on any atom is 0.472 e. The highest BCUT2D eigenvalue weighted by Crippen LogP contribution is 2.43. The van der Waals surface area contributed by atoms with Crippen molar-refractivity contribution in [2.45, 2.75) is 206 Å². The number of aliphatic hydroxyl groups is 1. The minimum absolute atomic E-state index is 0.0725. The van der Waals surface area contributed by atoms with E-state index in [1.54, 1.807) is 6.08 Å². The van der Waals surface area contributed by atoms with E-state index >= 15 is 0 Å². The van der Waals surface area contributed by atoms with Crippen LogP contribution in [0.25, 0.3) is 0 Å². The van der Waals surface area contributed by atoms with Crippen LogP contribution in [0.4, 0.5) is 0 Å². The van der Waals surface area contributed by atoms with Gasteiger partial charge in [-0.1, -0.05) is 179 Å². The Kier molecular flexibility index (Phi) is 37.5. The molecule has 0 fully saturated rings. The van der Waals surface area contributed by atoms with Crippen LogP contribution in [-0.2, 0) is 18.4 Å². The Morgan fingerprint density at radius 1 is 0.627 bits per heavy atom. The van der Waals surface area contributed by atoms with Crippen molar-refractivity contribution >= 4 is 13.7 Å². The molecule has 9 heteroatoms. The lowest BCUT2D eigenvalue weighted by Gasteiger charge is -2.23. The van der Waals surface area contributed by atoms with Crippen molar-refractivity contribution < 1.29 is 28.4 Å². The van der Waals surface area contributed by atoms with E-state index in [0.29, 0.717) is 6.42 Å². The second-order valence-corrected chi connectivity index (χ2v) is 15.6. The molecule has 0 rings (SSSR count). The lowest BCUT2D eigenvalue weighted by Crippen LogP contribution is -2.45. The first-order chi connectivity index (χ1) is 24.9. The third kappa shape index (κ3) is 36.9. The summed E-state index contributed by atoms with van der Waals surface area (Å²) in [5, 5.41) is 13.6. The molecule has 300 valence electrons. The van der Waals surface area contributed by atoms with Crippen molar-refractivity contribution in [1.82, 2.24) is 5.32 Å². The fourth-order valence-electron chi connectivity index (χ4n) is 5.99. The van der Waals surface area contributed by atoms with Gasteiger partial charge in [-0.05, 0) is 44.9 Å². The smallest absolute Gasteiger partial charge is 0.387 e. The fraction of sp³-hybridized carbons (Fsp3) is 0.833. The Hall–Kier alpha value is -1.28. The first-order valence-electron chi connectivity index (χ1n) is 21.1. The fourth-order valence-corrected chi connectivity index (χ4v) is 6.75. The van der Waals surface area contributed by atoms with Crippen LogP contribution in [0.15, 0.2) is 36.5 Å². The van der Waals surface area contributed by atoms with Crippen molar-refractivity contribution in [2.75, 3.05) is 19.8 Å². The number of phosphoric acid groups is 1. The summed E-state index contributed by atoms with van der Waals surface area (Å²) in [5.41, 5.74) is 5.36. The van der Waals surface area contributed by atoms with Crippen molar-refractivity contribution in [3.8, 4) is 0 Å². The number of nitrogens with one attached hydrogen (secondary N) is 1. The number of phosphoric ester groups is 1. The van der Waals surface area contributed by atoms with Crippen molar-refractivity contribution in [2.24, 2.45) is 5.73 Å². The minimum Gasteiger partial charge on any atom is -0.387 e. The molecule has 0 bridgehead atoms. The van der Waals surface area contributed by atoms with Crippen molar-refractivity contribution in [1.29, 1.82) is 0 Å². The second kappa shape index (κ2) is 38.4. The van der Waals surface area contributed by atoms with Gasteiger partial charge in [0.05, 0.1) is 25.4 Å². The van der Waals surface area contributed by atoms with Gasteiger partial charge < -0.3 is 21.1 Å². The first kappa shape index (κ1) is 49.7. The molecule has 0 radical (unpaired) electrons. The van der Waals surface area contributed by atoms with E-state index in [-0.39, 0.29) is 25.7 Å². The Balaban J connectivity index is 4.22. The van der Waals surface area contributed by atoms with E-state index in [2.05, 4.69) is 43.5 Å². The molecule has 0 aliphatic carbocycles. The Morgan fingerprint density at radius 3 is 1.51 bits per heavy atom. The molecule has 0 aromatic rings. The Bertz CT molecular complexity index is 897. The lowest BCUT2D eigenvalue weighted by molar-refractivity contribution is -0.123. The predicted molar refractivity (Wildman–Crippen MR) is 217 cm³/mol. The molecule has 0 saturated heterocycles. The van der Waals surface area contributed by atoms with E-state index in [9.17, 15) is 19.4 Å². The summed E-state index contributed by atoms with van der Waals surface area (Å²) in [6.45, 7) is 4.08. The number of allylic oxidation sites excluding steroid dienone is 5. The molecule has 51 heavy (non-hydrogen) atoms. The van der Waals surface area contributed by atoms with Gasteiger partial charge in [0, 0.05) is 13.0 Å². The van der Waals surface area contributed by atoms with Crippen LogP contribution < -0.4 is 11.1 Å². The molecule has 0 aliphatic rings. The number of hydrogen-bond acceptors (Lipinski definition) is 6. The zero-order valence-electron chi connectivity index (χ0n) is 33.1. The van der Waals surface area contributed by atoms with Gasteiger partial charge >= 0.3 is 7.82 Å². The third-order valence-electron chi connectivity index (χ3n) is 9.20. The van der Waals surface area contributed by atoms with Crippen LogP contribution in [0.2, 0.25) is 0 Å². The number of aliphatic hydroxyl groups excluding tert-OH is 1. The maximum absolute atomic E-state index is 12.7. The third-order valence-corrected chi connectivity index (χ3v) is 10.2. The summed E-state index contributed by atoms with van der Waals surface area (Å²) in [6, 6.07) is -0.879. The highest BCUT2D eigenvalue weighted by molar-refractivity contribution is 7.47. The standard InChI is InChI=1S/C42H81N2O6P/c1-3-5-7-9-11-13-15-17-18-19-20-21-22-24-26-28-30-32-34-36-42(46)44-40(39-50-51(47,48)49-38-37-43)41(45)35-33-31-29-27-25-23-16-14-12-10-8-6-4-2/h12,14,25,27,33,35,40-41,45H,3-11,13,15-24,26,28-32,34,36-39,43H2,1-2H3,(H,44,46)(H,47,48)/b14-12+,27-25+,35-33+. The summed E-state index contributed by atoms with van der Waals surface area (Å²) in [5.74, 6) is -0.207. The van der Waals surface area contributed by atoms with Crippen molar-refractivity contribution in [3.05, 3.63) is 36.5 Å². The number of carbonyl (C=O) groups is 1. The summed E-state index contributed by atoms with van der Waals surface area (Å²) in [7, 11) is -4.34. The normalized spacial score (nSPS) is 14.5. The van der Waals surface area contributed by atoms with E-state index in [4.69, 9.17) is 14.8 Å². The molecule has 3 atom stereocenters. The molecule has 3 unspecified atom stereocenters. The monoisotopic (exact) mass is 741 g/mol. The van der Waals surface area contributed by atoms with E-state index in [1.165, 1.54) is 122 Å². The Morgan fingerprint density at radius 2 is 1.04 bits per heavy atom. The highest BCUT2D eigenvalue weighted by Gasteiger charge is 2.26. The van der Waals surface area contributed by atoms with Crippen LogP contribution >= 0.6 is 7.82 Å². The van der Waals surface area contributed by atoms with E-state index in [1.807, 2.05) is 6.08 Å². The van der Waals surface area contributed by atoms with Gasteiger partial charge in [-0.2, -0.15) is 0 Å². The average molecular weight is 741 g/mol. The maximum atomic E-state index is 12.7. The molecule has 1 amide bonds. The van der Waals surface area contributed by atoms with E-state index in [0.717, 1.165) is 51.4 Å². The quantitative estimate of drug-likeness (QED) is 0.0280. The molecule has 0 saturated carbocycles. The zero-order chi connectivity index (χ0) is 37.5. The molecule has 8 nitrogen and oxygen atoms in total. The van der Waals surface area contributed by atoms with E-state index < -0.39 is 20.0 Å². The summed E-state index contributed by atoms with van der Waals surface area (Å²) in [4.78, 5) is 22.6. The zero-order valence-corrected chi connectivity index (χ0v) is 34.0. The number of unbranched alkanes of at least 4 members (excludes halogenated alkanes) is 23. The van der Waals surface area contributed by atoms with Crippen LogP contribution in [-0.4, -0.2) is 47.8 Å². The van der Waals surface area contributed by atoms with Crippen LogP contribution in [0.3, 0.4) is 0 Å². The molecule has 0 spiro atoms. The minimum atomic E-state index is -4.34. The Labute approximate surface area is 314 Å². The summed E-state index contributed by atoms with van der Waals surface area (Å²) in [6.07, 6.45) is 44.8. The molecule has 0 heterocycles. The SMILES string of the molecule is CCCCC/C=C/CC/C=C/CC/C=C/C(O)C(COP(=O)(O)OCCN)NC(=O)CCCCCCCCCCCCCCCCCCCCC. The number of hydrogen-bond donors (Lipinski definition) is 4. The summed E-state index contributed by atoms with van der Waals surface area (Å²) < 4.78 is 22.1. The van der Waals surface area contributed by atoms with Gasteiger partial charge in [-0.25, -0.2) is 4.57 Å². The van der Waals surface area contributed by atoms with Crippen LogP contribution in [0.1, 0.15) is 194 Å². The number of amides is 1. The van der Waals surface area contributed by atoms with Gasteiger partial charge in [0.25, 0.3) is 0 Å². The second-order valence-electron chi connectivity index (χ2n) is 14.2. The van der Waals surface area contributed by atoms with Gasteiger partial charge in [-0.15, -0.1) is 0 Å². The molecular formula is C42H81N2O6P. The predicted octanol–water partition coefficient (Wildman–Crippen LogP) is 11.6.